The van der Waals surface area contributed by atoms with Crippen LogP contribution >= 0.6 is 0 Å². The summed E-state index contributed by atoms with van der Waals surface area (Å²) in [7, 11) is 0. The molecule has 0 spiro atoms. The minimum Gasteiger partial charge on any atom is -0.340 e. The molecule has 5 rings (SSSR count). The van der Waals surface area contributed by atoms with E-state index < -0.39 is 0 Å². The lowest BCUT2D eigenvalue weighted by molar-refractivity contribution is -0.136. The SMILES string of the molecule is O=C(C1CCc2ncnn2C1)N1CCc2nc(-c3ccccc3)nn2CC1. The number of carbonyl (C=O) groups is 1. The van der Waals surface area contributed by atoms with Crippen LogP contribution in [0.5, 0.6) is 0 Å². The Bertz CT molecular complexity index is 936. The Morgan fingerprint density at radius 2 is 1.89 bits per heavy atom. The highest BCUT2D eigenvalue weighted by atomic mass is 16.2. The molecule has 0 N–H and O–H groups in total. The van der Waals surface area contributed by atoms with Crippen LogP contribution in [0.2, 0.25) is 0 Å². The molecule has 0 fully saturated rings. The number of rotatable bonds is 2. The molecular formula is C19H21N7O. The van der Waals surface area contributed by atoms with Gasteiger partial charge < -0.3 is 4.90 Å². The zero-order valence-corrected chi connectivity index (χ0v) is 15.0. The normalized spacial score (nSPS) is 19.3. The Morgan fingerprint density at radius 1 is 1.00 bits per heavy atom. The van der Waals surface area contributed by atoms with Crippen molar-refractivity contribution in [1.29, 1.82) is 0 Å². The number of aromatic nitrogens is 6. The van der Waals surface area contributed by atoms with Crippen LogP contribution in [0.1, 0.15) is 18.1 Å². The standard InChI is InChI=1S/C19H21N7O/c27-19(15-6-7-16-20-13-21-26(16)12-15)24-9-8-17-22-18(23-25(17)11-10-24)14-4-2-1-3-5-14/h1-5,13,15H,6-12H2. The minimum atomic E-state index is -0.0162. The van der Waals surface area contributed by atoms with E-state index in [2.05, 4.69) is 15.2 Å². The summed E-state index contributed by atoms with van der Waals surface area (Å²) < 4.78 is 3.81. The van der Waals surface area contributed by atoms with Crippen molar-refractivity contribution in [3.8, 4) is 11.4 Å². The Morgan fingerprint density at radius 3 is 2.78 bits per heavy atom. The van der Waals surface area contributed by atoms with Gasteiger partial charge in [0.1, 0.15) is 18.0 Å². The third-order valence-corrected chi connectivity index (χ3v) is 5.43. The molecule has 0 saturated carbocycles. The highest BCUT2D eigenvalue weighted by molar-refractivity contribution is 5.79. The van der Waals surface area contributed by atoms with E-state index in [1.807, 2.05) is 44.6 Å². The van der Waals surface area contributed by atoms with E-state index in [9.17, 15) is 4.79 Å². The van der Waals surface area contributed by atoms with Crippen LogP contribution in [0.15, 0.2) is 36.7 Å². The second kappa shape index (κ2) is 6.61. The maximum atomic E-state index is 13.0. The van der Waals surface area contributed by atoms with Gasteiger partial charge in [-0.1, -0.05) is 30.3 Å². The van der Waals surface area contributed by atoms with Gasteiger partial charge in [0, 0.05) is 31.5 Å². The number of benzene rings is 1. The molecule has 0 bridgehead atoms. The molecule has 1 atom stereocenters. The van der Waals surface area contributed by atoms with Gasteiger partial charge in [0.05, 0.1) is 19.0 Å². The summed E-state index contributed by atoms with van der Waals surface area (Å²) in [4.78, 5) is 23.9. The Labute approximate surface area is 156 Å². The fourth-order valence-corrected chi connectivity index (χ4v) is 3.93. The summed E-state index contributed by atoms with van der Waals surface area (Å²) in [5.41, 5.74) is 1.02. The maximum absolute atomic E-state index is 13.0. The molecule has 8 nitrogen and oxygen atoms in total. The second-order valence-corrected chi connectivity index (χ2v) is 7.11. The average Bonchev–Trinajstić information content (AvgIpc) is 3.30. The monoisotopic (exact) mass is 363 g/mol. The van der Waals surface area contributed by atoms with Crippen LogP contribution in [0.25, 0.3) is 11.4 Å². The lowest BCUT2D eigenvalue weighted by atomic mass is 9.98. The Balaban J connectivity index is 1.28. The first kappa shape index (κ1) is 16.2. The number of carbonyl (C=O) groups excluding carboxylic acids is 1. The molecule has 2 aromatic heterocycles. The highest BCUT2D eigenvalue weighted by Gasteiger charge is 2.30. The molecule has 0 saturated heterocycles. The number of hydrogen-bond donors (Lipinski definition) is 0. The molecule has 1 aromatic carbocycles. The van der Waals surface area contributed by atoms with Crippen molar-refractivity contribution in [3.05, 3.63) is 48.3 Å². The van der Waals surface area contributed by atoms with Crippen LogP contribution in [0.3, 0.4) is 0 Å². The van der Waals surface area contributed by atoms with Gasteiger partial charge in [-0.25, -0.2) is 19.3 Å². The number of hydrogen-bond acceptors (Lipinski definition) is 5. The van der Waals surface area contributed by atoms with Gasteiger partial charge in [-0.3, -0.25) is 4.79 Å². The fourth-order valence-electron chi connectivity index (χ4n) is 3.93. The number of nitrogens with zero attached hydrogens (tertiary/aromatic N) is 7. The molecule has 3 aromatic rings. The molecule has 138 valence electrons. The van der Waals surface area contributed by atoms with Gasteiger partial charge in [0.15, 0.2) is 5.82 Å². The van der Waals surface area contributed by atoms with Gasteiger partial charge in [-0.15, -0.1) is 0 Å². The second-order valence-electron chi connectivity index (χ2n) is 7.11. The lowest BCUT2D eigenvalue weighted by Gasteiger charge is -2.28. The van der Waals surface area contributed by atoms with Crippen LogP contribution in [0, 0.1) is 5.92 Å². The zero-order valence-electron chi connectivity index (χ0n) is 15.0. The summed E-state index contributed by atoms with van der Waals surface area (Å²) in [5, 5.41) is 8.88. The quantitative estimate of drug-likeness (QED) is 0.683. The van der Waals surface area contributed by atoms with Crippen molar-refractivity contribution >= 4 is 5.91 Å². The summed E-state index contributed by atoms with van der Waals surface area (Å²) in [6.07, 6.45) is 3.96. The lowest BCUT2D eigenvalue weighted by Crippen LogP contribution is -2.41. The third kappa shape index (κ3) is 3.01. The third-order valence-electron chi connectivity index (χ3n) is 5.43. The zero-order chi connectivity index (χ0) is 18.2. The summed E-state index contributed by atoms with van der Waals surface area (Å²) in [6.45, 7) is 2.67. The summed E-state index contributed by atoms with van der Waals surface area (Å²) in [5.74, 6) is 2.89. The fraction of sp³-hybridized carbons (Fsp3) is 0.421. The van der Waals surface area contributed by atoms with Crippen LogP contribution in [-0.4, -0.2) is 53.4 Å². The van der Waals surface area contributed by atoms with E-state index in [-0.39, 0.29) is 11.8 Å². The van der Waals surface area contributed by atoms with Crippen molar-refractivity contribution < 1.29 is 4.79 Å². The van der Waals surface area contributed by atoms with Crippen molar-refractivity contribution in [2.75, 3.05) is 13.1 Å². The van der Waals surface area contributed by atoms with Crippen LogP contribution in [-0.2, 0) is 30.7 Å². The van der Waals surface area contributed by atoms with Crippen molar-refractivity contribution in [2.24, 2.45) is 5.92 Å². The van der Waals surface area contributed by atoms with E-state index in [0.29, 0.717) is 26.2 Å². The first-order valence-corrected chi connectivity index (χ1v) is 9.42. The van der Waals surface area contributed by atoms with Crippen molar-refractivity contribution in [3.63, 3.8) is 0 Å². The molecule has 0 radical (unpaired) electrons. The van der Waals surface area contributed by atoms with Crippen LogP contribution < -0.4 is 0 Å². The van der Waals surface area contributed by atoms with E-state index in [4.69, 9.17) is 4.98 Å². The highest BCUT2D eigenvalue weighted by Crippen LogP contribution is 2.22. The topological polar surface area (TPSA) is 81.7 Å². The Hall–Kier alpha value is -3.03. The van der Waals surface area contributed by atoms with E-state index in [1.54, 1.807) is 6.33 Å². The number of aryl methyl sites for hydroxylation is 1. The molecular weight excluding hydrogens is 342 g/mol. The predicted molar refractivity (Wildman–Crippen MR) is 97.6 cm³/mol. The van der Waals surface area contributed by atoms with Gasteiger partial charge in [-0.2, -0.15) is 10.2 Å². The van der Waals surface area contributed by atoms with Gasteiger partial charge in [0.2, 0.25) is 5.91 Å². The van der Waals surface area contributed by atoms with E-state index >= 15 is 0 Å². The largest absolute Gasteiger partial charge is 0.340 e. The number of fused-ring (bicyclic) bond motifs is 2. The van der Waals surface area contributed by atoms with Crippen LogP contribution in [0.4, 0.5) is 0 Å². The van der Waals surface area contributed by atoms with Gasteiger partial charge in [0.25, 0.3) is 0 Å². The minimum absolute atomic E-state index is 0.0162. The van der Waals surface area contributed by atoms with E-state index in [1.165, 1.54) is 0 Å². The molecule has 0 aliphatic carbocycles. The van der Waals surface area contributed by atoms with Crippen molar-refractivity contribution in [1.82, 2.24) is 34.4 Å². The molecule has 4 heterocycles. The first-order valence-electron chi connectivity index (χ1n) is 9.42. The molecule has 2 aliphatic heterocycles. The smallest absolute Gasteiger partial charge is 0.227 e. The summed E-state index contributed by atoms with van der Waals surface area (Å²) in [6, 6.07) is 10.0. The molecule has 2 aliphatic rings. The average molecular weight is 363 g/mol. The predicted octanol–water partition coefficient (Wildman–Crippen LogP) is 1.18. The Kier molecular flexibility index (Phi) is 3.95. The number of amides is 1. The van der Waals surface area contributed by atoms with Crippen molar-refractivity contribution in [2.45, 2.75) is 32.4 Å². The molecule has 1 unspecified atom stereocenters. The van der Waals surface area contributed by atoms with Gasteiger partial charge >= 0.3 is 0 Å². The molecule has 8 heteroatoms. The molecule has 27 heavy (non-hydrogen) atoms. The maximum Gasteiger partial charge on any atom is 0.227 e. The van der Waals surface area contributed by atoms with E-state index in [0.717, 1.165) is 42.3 Å². The first-order chi connectivity index (χ1) is 13.3. The molecule has 1 amide bonds. The summed E-state index contributed by atoms with van der Waals surface area (Å²) >= 11 is 0. The van der Waals surface area contributed by atoms with Gasteiger partial charge in [-0.05, 0) is 6.42 Å².